The molecule has 1 aliphatic carbocycles. The van der Waals surface area contributed by atoms with Gasteiger partial charge in [0, 0.05) is 53.3 Å². The minimum Gasteiger partial charge on any atom is -0.370 e. The van der Waals surface area contributed by atoms with E-state index in [0.717, 1.165) is 54.8 Å². The minimum absolute atomic E-state index is 0.0451. The molecule has 256 valence electrons. The number of rotatable bonds is 11. The van der Waals surface area contributed by atoms with Crippen LogP contribution < -0.4 is 28.2 Å². The number of aromatic nitrogens is 4. The Kier molecular flexibility index (Phi) is 9.18. The van der Waals surface area contributed by atoms with E-state index in [1.807, 2.05) is 36.6 Å². The average Bonchev–Trinajstić information content (AvgIpc) is 3.36. The maximum absolute atomic E-state index is 15.2. The van der Waals surface area contributed by atoms with E-state index in [1.165, 1.54) is 4.57 Å². The van der Waals surface area contributed by atoms with Gasteiger partial charge in [-0.05, 0) is 86.9 Å². The highest BCUT2D eigenvalue weighted by Crippen LogP contribution is 2.56. The second kappa shape index (κ2) is 13.5. The number of nitrogens with two attached hydrogens (primary N) is 3. The molecule has 3 aromatic heterocycles. The van der Waals surface area contributed by atoms with Gasteiger partial charge in [0.15, 0.2) is 16.9 Å². The number of nitrogens with zero attached hydrogens (tertiary/aromatic N) is 4. The summed E-state index contributed by atoms with van der Waals surface area (Å²) in [6, 6.07) is 13.2. The number of anilines is 1. The summed E-state index contributed by atoms with van der Waals surface area (Å²) in [5.41, 5.74) is 20.1. The molecule has 0 bridgehead atoms. The summed E-state index contributed by atoms with van der Waals surface area (Å²) in [6.07, 6.45) is 8.23. The van der Waals surface area contributed by atoms with Crippen LogP contribution in [0.1, 0.15) is 56.3 Å². The Labute approximate surface area is 291 Å². The highest BCUT2D eigenvalue weighted by atomic mass is 35.5. The molecule has 0 radical (unpaired) electrons. The van der Waals surface area contributed by atoms with Gasteiger partial charge in [0.2, 0.25) is 0 Å². The van der Waals surface area contributed by atoms with Crippen LogP contribution >= 0.6 is 22.9 Å². The lowest BCUT2D eigenvalue weighted by atomic mass is 9.92. The first kappa shape index (κ1) is 33.2. The number of benzene rings is 2. The van der Waals surface area contributed by atoms with E-state index in [-0.39, 0.29) is 40.7 Å². The summed E-state index contributed by atoms with van der Waals surface area (Å²) < 4.78 is 23.5. The van der Waals surface area contributed by atoms with Crippen LogP contribution in [-0.4, -0.2) is 49.7 Å². The van der Waals surface area contributed by atoms with Crippen LogP contribution in [0.2, 0.25) is 5.02 Å². The molecule has 1 saturated carbocycles. The van der Waals surface area contributed by atoms with E-state index in [9.17, 15) is 4.79 Å². The number of thiazole rings is 1. The topological polar surface area (TPSA) is 175 Å². The van der Waals surface area contributed by atoms with E-state index in [1.54, 1.807) is 41.9 Å². The third-order valence-electron chi connectivity index (χ3n) is 9.45. The van der Waals surface area contributed by atoms with Crippen molar-refractivity contribution < 1.29 is 9.13 Å². The molecule has 2 aliphatic rings. The van der Waals surface area contributed by atoms with Gasteiger partial charge in [0.25, 0.3) is 0 Å². The normalized spacial score (nSPS) is 22.3. The fourth-order valence-electron chi connectivity index (χ4n) is 6.91. The molecule has 1 aliphatic heterocycles. The number of hydrogen-bond donors (Lipinski definition) is 5. The average molecular weight is 704 g/mol. The van der Waals surface area contributed by atoms with E-state index in [2.05, 4.69) is 25.3 Å². The molecule has 7 rings (SSSR count). The lowest BCUT2D eigenvalue weighted by Gasteiger charge is -2.37. The van der Waals surface area contributed by atoms with E-state index in [0.29, 0.717) is 34.5 Å². The van der Waals surface area contributed by atoms with Gasteiger partial charge in [-0.3, -0.25) is 9.56 Å². The minimum atomic E-state index is -0.528. The summed E-state index contributed by atoms with van der Waals surface area (Å²) in [6.45, 7) is 2.49. The standard InChI is InChI=1S/C35H39ClFN9O2S/c1-19(38)3-2-4-20-11-26(30(37)27(36)12-20)28-13-22-18-46(34(47)45-31(22)44-28)25-7-5-21(6-8-25)29-14-24(43-33-41-9-10-49-33)16-35(48-29)15-23(35)17-42-32(39)40/h5-13,18-19,23-24,29H,2-4,14-17,38H2,1H3,(H,41,43)(H4,39,40,42)(H,44,45,47)/t19-,23?,24-,29-,35?/m0/s1. The Morgan fingerprint density at radius 1 is 1.27 bits per heavy atom. The van der Waals surface area contributed by atoms with Crippen molar-refractivity contribution in [2.24, 2.45) is 28.1 Å². The van der Waals surface area contributed by atoms with Crippen LogP contribution in [0.3, 0.4) is 0 Å². The smallest absolute Gasteiger partial charge is 0.354 e. The number of aromatic amines is 1. The van der Waals surface area contributed by atoms with Crippen LogP contribution in [0.4, 0.5) is 9.52 Å². The van der Waals surface area contributed by atoms with Crippen molar-refractivity contribution in [3.05, 3.63) is 92.7 Å². The van der Waals surface area contributed by atoms with Gasteiger partial charge in [-0.25, -0.2) is 14.2 Å². The maximum atomic E-state index is 15.2. The van der Waals surface area contributed by atoms with Crippen LogP contribution in [0.5, 0.6) is 0 Å². The van der Waals surface area contributed by atoms with Gasteiger partial charge in [0.05, 0.1) is 28.1 Å². The van der Waals surface area contributed by atoms with Gasteiger partial charge in [0.1, 0.15) is 5.65 Å². The maximum Gasteiger partial charge on any atom is 0.354 e. The molecule has 4 heterocycles. The van der Waals surface area contributed by atoms with Crippen molar-refractivity contribution in [2.75, 3.05) is 11.9 Å². The number of halogens is 2. The number of nitrogens with one attached hydrogen (secondary N) is 2. The largest absolute Gasteiger partial charge is 0.370 e. The molecule has 14 heteroatoms. The first-order valence-corrected chi connectivity index (χ1v) is 17.7. The predicted octanol–water partition coefficient (Wildman–Crippen LogP) is 5.66. The van der Waals surface area contributed by atoms with Gasteiger partial charge in [-0.2, -0.15) is 4.98 Å². The predicted molar refractivity (Wildman–Crippen MR) is 193 cm³/mol. The van der Waals surface area contributed by atoms with E-state index < -0.39 is 11.5 Å². The number of fused-ring (bicyclic) bond motifs is 1. The molecule has 0 amide bonds. The summed E-state index contributed by atoms with van der Waals surface area (Å²) in [5.74, 6) is -0.220. The second-order valence-electron chi connectivity index (χ2n) is 13.2. The number of ether oxygens (including phenoxy) is 1. The lowest BCUT2D eigenvalue weighted by Crippen LogP contribution is -2.38. The molecule has 2 fully saturated rings. The number of guanidine groups is 1. The van der Waals surface area contributed by atoms with Crippen LogP contribution in [0, 0.1) is 11.7 Å². The van der Waals surface area contributed by atoms with E-state index >= 15 is 4.39 Å². The molecule has 2 unspecified atom stereocenters. The Bertz CT molecular complexity index is 2040. The molecule has 8 N–H and O–H groups in total. The molecule has 5 aromatic rings. The third kappa shape index (κ3) is 7.20. The number of aliphatic imine (C=N–C) groups is 1. The van der Waals surface area contributed by atoms with Crippen LogP contribution in [0.15, 0.2) is 70.0 Å². The first-order chi connectivity index (χ1) is 23.6. The van der Waals surface area contributed by atoms with Crippen molar-refractivity contribution in [1.29, 1.82) is 0 Å². The Morgan fingerprint density at radius 2 is 2.08 bits per heavy atom. The monoisotopic (exact) mass is 703 g/mol. The van der Waals surface area contributed by atoms with Crippen molar-refractivity contribution in [3.63, 3.8) is 0 Å². The number of hydrogen-bond acceptors (Lipinski definition) is 8. The van der Waals surface area contributed by atoms with Gasteiger partial charge >= 0.3 is 5.69 Å². The van der Waals surface area contributed by atoms with Crippen LogP contribution in [0.25, 0.3) is 28.0 Å². The summed E-state index contributed by atoms with van der Waals surface area (Å²) in [7, 11) is 0. The second-order valence-corrected chi connectivity index (χ2v) is 14.5. The molecular weight excluding hydrogens is 665 g/mol. The fraction of sp³-hybridized carbons (Fsp3) is 0.371. The molecule has 2 aromatic carbocycles. The molecule has 5 atom stereocenters. The number of aryl methyl sites for hydroxylation is 1. The lowest BCUT2D eigenvalue weighted by molar-refractivity contribution is -0.0818. The zero-order chi connectivity index (χ0) is 34.3. The quantitative estimate of drug-likeness (QED) is 0.0865. The van der Waals surface area contributed by atoms with Crippen molar-refractivity contribution in [2.45, 2.75) is 69.2 Å². The number of H-pyrrole nitrogens is 1. The Hall–Kier alpha value is -4.30. The highest BCUT2D eigenvalue weighted by molar-refractivity contribution is 7.13. The zero-order valence-corrected chi connectivity index (χ0v) is 28.6. The zero-order valence-electron chi connectivity index (χ0n) is 27.0. The Morgan fingerprint density at radius 3 is 2.82 bits per heavy atom. The van der Waals surface area contributed by atoms with Gasteiger partial charge in [-0.1, -0.05) is 23.7 Å². The third-order valence-corrected chi connectivity index (χ3v) is 10.4. The van der Waals surface area contributed by atoms with E-state index in [4.69, 9.17) is 33.5 Å². The molecule has 11 nitrogen and oxygen atoms in total. The Balaban J connectivity index is 1.13. The SMILES string of the molecule is C[C@H](N)CCCc1cc(Cl)c(F)c(-c2cc3cn(-c4ccc([C@@H]5C[C@H](Nc6nccs6)CC6(CC6CN=C(N)N)O5)cc4)c(=O)nc3[nH]2)c1. The van der Waals surface area contributed by atoms with Crippen molar-refractivity contribution >= 4 is 45.1 Å². The fourth-order valence-corrected chi connectivity index (χ4v) is 7.76. The molecule has 49 heavy (non-hydrogen) atoms. The van der Waals surface area contributed by atoms with Crippen LogP contribution in [-0.2, 0) is 11.2 Å². The summed E-state index contributed by atoms with van der Waals surface area (Å²) in [5, 5.41) is 7.12. The van der Waals surface area contributed by atoms with Gasteiger partial charge in [-0.15, -0.1) is 11.3 Å². The van der Waals surface area contributed by atoms with Crippen molar-refractivity contribution in [3.8, 4) is 16.9 Å². The molecular formula is C35H39ClFN9O2S. The summed E-state index contributed by atoms with van der Waals surface area (Å²) >= 11 is 7.86. The highest BCUT2D eigenvalue weighted by Gasteiger charge is 2.59. The first-order valence-electron chi connectivity index (χ1n) is 16.4. The summed E-state index contributed by atoms with van der Waals surface area (Å²) in [4.78, 5) is 29.3. The van der Waals surface area contributed by atoms with Gasteiger partial charge < -0.3 is 32.2 Å². The molecule has 1 saturated heterocycles. The molecule has 1 spiro atoms. The van der Waals surface area contributed by atoms with Crippen molar-refractivity contribution in [1.82, 2.24) is 19.5 Å².